The molecule has 0 unspecified atom stereocenters. The molecule has 0 bridgehead atoms. The molecule has 180 valence electrons. The van der Waals surface area contributed by atoms with Gasteiger partial charge in [0.1, 0.15) is 5.82 Å². The van der Waals surface area contributed by atoms with Gasteiger partial charge in [-0.2, -0.15) is 0 Å². The molecule has 1 aromatic heterocycles. The van der Waals surface area contributed by atoms with E-state index in [2.05, 4.69) is 4.98 Å². The van der Waals surface area contributed by atoms with Crippen LogP contribution >= 0.6 is 0 Å². The van der Waals surface area contributed by atoms with Crippen LogP contribution in [0.2, 0.25) is 0 Å². The number of aromatic amines is 1. The Morgan fingerprint density at radius 1 is 0.917 bits per heavy atom. The molecule has 36 heavy (non-hydrogen) atoms. The molecule has 0 saturated carbocycles. The fraction of sp³-hybridized carbons (Fsp3) is 0.241. The molecule has 0 aliphatic carbocycles. The second-order valence-corrected chi connectivity index (χ2v) is 9.63. The average Bonchev–Trinajstić information content (AvgIpc) is 3.44. The number of para-hydroxylation sites is 2. The predicted molar refractivity (Wildman–Crippen MR) is 137 cm³/mol. The van der Waals surface area contributed by atoms with Gasteiger partial charge in [0.05, 0.1) is 27.8 Å². The van der Waals surface area contributed by atoms with Gasteiger partial charge in [-0.3, -0.25) is 14.4 Å². The molecule has 0 radical (unpaired) electrons. The number of hydrogen-bond donors (Lipinski definition) is 1. The summed E-state index contributed by atoms with van der Waals surface area (Å²) in [5.74, 6) is 0.380. The third-order valence-corrected chi connectivity index (χ3v) is 7.53. The molecule has 1 N–H and O–H groups in total. The van der Waals surface area contributed by atoms with Crippen molar-refractivity contribution in [2.75, 3.05) is 18.0 Å². The Hall–Kier alpha value is -4.26. The lowest BCUT2D eigenvalue weighted by atomic mass is 9.95. The number of nitrogens with zero attached hydrogens (tertiary/aromatic N) is 3. The average molecular weight is 479 g/mol. The number of aromatic nitrogens is 2. The van der Waals surface area contributed by atoms with Crippen molar-refractivity contribution in [1.29, 1.82) is 0 Å². The number of carbonyl (C=O) groups excluding carboxylic acids is 3. The Balaban J connectivity index is 1.19. The van der Waals surface area contributed by atoms with E-state index in [1.54, 1.807) is 24.3 Å². The van der Waals surface area contributed by atoms with Crippen LogP contribution in [0.3, 0.4) is 0 Å². The van der Waals surface area contributed by atoms with Gasteiger partial charge in [0.25, 0.3) is 17.7 Å². The first-order valence-corrected chi connectivity index (χ1v) is 12.3. The number of likely N-dealkylation sites (tertiary alicyclic amines) is 1. The van der Waals surface area contributed by atoms with Gasteiger partial charge in [0.15, 0.2) is 0 Å². The maximum absolute atomic E-state index is 13.3. The summed E-state index contributed by atoms with van der Waals surface area (Å²) in [6, 6.07) is 18.4. The maximum Gasteiger partial charge on any atom is 0.266 e. The molecule has 0 spiro atoms. The van der Waals surface area contributed by atoms with Crippen LogP contribution in [-0.2, 0) is 0 Å². The molecule has 4 aromatic rings. The number of imidazole rings is 1. The smallest absolute Gasteiger partial charge is 0.266 e. The number of H-pyrrole nitrogens is 1. The Labute approximate surface area is 208 Å². The molecule has 0 atom stereocenters. The highest BCUT2D eigenvalue weighted by Gasteiger charge is 2.38. The summed E-state index contributed by atoms with van der Waals surface area (Å²) >= 11 is 0. The number of aryl methyl sites for hydroxylation is 1. The van der Waals surface area contributed by atoms with Crippen LogP contribution < -0.4 is 4.90 Å². The number of benzene rings is 3. The minimum absolute atomic E-state index is 0.119. The largest absolute Gasteiger partial charge is 0.342 e. The molecule has 3 amide bonds. The van der Waals surface area contributed by atoms with Crippen LogP contribution in [0.4, 0.5) is 5.69 Å². The van der Waals surface area contributed by atoms with Gasteiger partial charge in [0, 0.05) is 24.6 Å². The number of imide groups is 1. The van der Waals surface area contributed by atoms with Gasteiger partial charge < -0.3 is 9.88 Å². The molecule has 3 heterocycles. The molecule has 2 aliphatic heterocycles. The van der Waals surface area contributed by atoms with Crippen molar-refractivity contribution in [3.8, 4) is 0 Å². The highest BCUT2D eigenvalue weighted by atomic mass is 16.2. The van der Waals surface area contributed by atoms with E-state index in [0.29, 0.717) is 29.9 Å². The summed E-state index contributed by atoms with van der Waals surface area (Å²) in [7, 11) is 0. The van der Waals surface area contributed by atoms with Gasteiger partial charge in [0.2, 0.25) is 0 Å². The molecule has 7 nitrogen and oxygen atoms in total. The Morgan fingerprint density at radius 3 is 2.44 bits per heavy atom. The number of amides is 3. The van der Waals surface area contributed by atoms with Crippen molar-refractivity contribution >= 4 is 34.4 Å². The normalized spacial score (nSPS) is 16.2. The first-order chi connectivity index (χ1) is 17.4. The van der Waals surface area contributed by atoms with Gasteiger partial charge in [-0.05, 0) is 74.2 Å². The number of fused-ring (bicyclic) bond motifs is 2. The number of hydrogen-bond acceptors (Lipinski definition) is 4. The second kappa shape index (κ2) is 8.45. The summed E-state index contributed by atoms with van der Waals surface area (Å²) in [4.78, 5) is 50.9. The topological polar surface area (TPSA) is 86.4 Å². The molecular weight excluding hydrogens is 452 g/mol. The van der Waals surface area contributed by atoms with Gasteiger partial charge >= 0.3 is 0 Å². The monoisotopic (exact) mass is 478 g/mol. The molecule has 2 aliphatic rings. The maximum atomic E-state index is 13.3. The van der Waals surface area contributed by atoms with E-state index < -0.39 is 0 Å². The van der Waals surface area contributed by atoms with Crippen molar-refractivity contribution in [1.82, 2.24) is 14.9 Å². The zero-order valence-electron chi connectivity index (χ0n) is 20.2. The molecule has 1 saturated heterocycles. The van der Waals surface area contributed by atoms with E-state index in [0.717, 1.165) is 40.8 Å². The summed E-state index contributed by atoms with van der Waals surface area (Å²) in [5, 5.41) is 0. The van der Waals surface area contributed by atoms with Crippen LogP contribution in [0.1, 0.15) is 66.8 Å². The molecule has 1 fully saturated rings. The zero-order chi connectivity index (χ0) is 25.0. The van der Waals surface area contributed by atoms with Gasteiger partial charge in [-0.25, -0.2) is 9.88 Å². The first-order valence-electron chi connectivity index (χ1n) is 12.3. The van der Waals surface area contributed by atoms with Crippen molar-refractivity contribution < 1.29 is 14.4 Å². The third-order valence-electron chi connectivity index (χ3n) is 7.53. The number of carbonyl (C=O) groups is 3. The Bertz CT molecular complexity index is 1510. The molecule has 3 aromatic carbocycles. The fourth-order valence-corrected chi connectivity index (χ4v) is 5.27. The minimum Gasteiger partial charge on any atom is -0.342 e. The second-order valence-electron chi connectivity index (χ2n) is 9.63. The quantitative estimate of drug-likeness (QED) is 0.420. The molecule has 7 heteroatoms. The third kappa shape index (κ3) is 3.50. The highest BCUT2D eigenvalue weighted by molar-refractivity contribution is 6.35. The first kappa shape index (κ1) is 22.2. The lowest BCUT2D eigenvalue weighted by Crippen LogP contribution is -2.38. The summed E-state index contributed by atoms with van der Waals surface area (Å²) in [6.07, 6.45) is 1.63. The van der Waals surface area contributed by atoms with E-state index in [1.165, 1.54) is 4.90 Å². The lowest BCUT2D eigenvalue weighted by molar-refractivity contribution is 0.0711. The van der Waals surface area contributed by atoms with E-state index in [1.807, 2.05) is 55.1 Å². The highest BCUT2D eigenvalue weighted by Crippen LogP contribution is 2.33. The van der Waals surface area contributed by atoms with Crippen LogP contribution in [0.15, 0.2) is 60.7 Å². The summed E-state index contributed by atoms with van der Waals surface area (Å²) in [5.41, 5.74) is 5.50. The van der Waals surface area contributed by atoms with Gasteiger partial charge in [-0.15, -0.1) is 0 Å². The van der Waals surface area contributed by atoms with Crippen LogP contribution in [0.25, 0.3) is 11.0 Å². The lowest BCUT2D eigenvalue weighted by Gasteiger charge is -2.31. The Kier molecular flexibility index (Phi) is 5.21. The zero-order valence-corrected chi connectivity index (χ0v) is 20.2. The number of anilines is 1. The predicted octanol–water partition coefficient (Wildman–Crippen LogP) is 5.00. The van der Waals surface area contributed by atoms with Crippen molar-refractivity contribution in [3.63, 3.8) is 0 Å². The van der Waals surface area contributed by atoms with Crippen molar-refractivity contribution in [3.05, 3.63) is 94.3 Å². The number of rotatable bonds is 3. The SMILES string of the molecule is Cc1cccc(N2C(=O)c3ccc(C(=O)N4CCC(c5nc6ccccc6[nH]5)CC4)cc3C2=O)c1C. The number of nitrogens with one attached hydrogen (secondary N) is 1. The van der Waals surface area contributed by atoms with E-state index in [-0.39, 0.29) is 29.2 Å². The van der Waals surface area contributed by atoms with Gasteiger partial charge in [-0.1, -0.05) is 24.3 Å². The molecular formula is C29H26N4O3. The van der Waals surface area contributed by atoms with E-state index in [9.17, 15) is 14.4 Å². The Morgan fingerprint density at radius 2 is 1.67 bits per heavy atom. The van der Waals surface area contributed by atoms with Crippen LogP contribution in [-0.4, -0.2) is 45.7 Å². The van der Waals surface area contributed by atoms with Crippen LogP contribution in [0.5, 0.6) is 0 Å². The standard InChI is InChI=1S/C29H26N4O3/c1-17-6-5-9-25(18(17)2)33-28(35)21-11-10-20(16-22(21)29(33)36)27(34)32-14-12-19(13-15-32)26-30-23-7-3-4-8-24(23)31-26/h3-11,16,19H,12-15H2,1-2H3,(H,30,31). The van der Waals surface area contributed by atoms with Crippen LogP contribution in [0, 0.1) is 13.8 Å². The molecule has 6 rings (SSSR count). The van der Waals surface area contributed by atoms with Crippen molar-refractivity contribution in [2.45, 2.75) is 32.6 Å². The summed E-state index contributed by atoms with van der Waals surface area (Å²) in [6.45, 7) is 5.07. The summed E-state index contributed by atoms with van der Waals surface area (Å²) < 4.78 is 0. The van der Waals surface area contributed by atoms with Crippen molar-refractivity contribution in [2.24, 2.45) is 0 Å². The van der Waals surface area contributed by atoms with E-state index >= 15 is 0 Å². The van der Waals surface area contributed by atoms with E-state index in [4.69, 9.17) is 4.98 Å². The fourth-order valence-electron chi connectivity index (χ4n) is 5.27. The minimum atomic E-state index is -0.387. The number of piperidine rings is 1.